The van der Waals surface area contributed by atoms with Crippen molar-refractivity contribution in [2.24, 2.45) is 5.92 Å². The minimum atomic E-state index is 0.0928. The molecule has 0 saturated carbocycles. The van der Waals surface area contributed by atoms with Gasteiger partial charge in [-0.05, 0) is 43.9 Å². The summed E-state index contributed by atoms with van der Waals surface area (Å²) in [6.45, 7) is 4.93. The maximum atomic E-state index is 12.1. The van der Waals surface area contributed by atoms with Crippen LogP contribution < -0.4 is 5.32 Å². The topological polar surface area (TPSA) is 46.4 Å². The second-order valence-corrected chi connectivity index (χ2v) is 5.67. The van der Waals surface area contributed by atoms with Gasteiger partial charge in [-0.1, -0.05) is 6.92 Å². The molecule has 3 rings (SSSR count). The van der Waals surface area contributed by atoms with Gasteiger partial charge in [-0.3, -0.25) is 4.79 Å². The highest BCUT2D eigenvalue weighted by atomic mass is 16.1. The summed E-state index contributed by atoms with van der Waals surface area (Å²) in [6.07, 6.45) is 5.67. The van der Waals surface area contributed by atoms with Crippen LogP contribution in [0.4, 0.5) is 0 Å². The van der Waals surface area contributed by atoms with Gasteiger partial charge in [-0.15, -0.1) is 0 Å². The third-order valence-corrected chi connectivity index (χ3v) is 4.05. The van der Waals surface area contributed by atoms with Gasteiger partial charge in [0, 0.05) is 30.8 Å². The third kappa shape index (κ3) is 2.30. The molecule has 4 nitrogen and oxygen atoms in total. The highest BCUT2D eigenvalue weighted by molar-refractivity contribution is 5.79. The number of aryl methyl sites for hydroxylation is 2. The van der Waals surface area contributed by atoms with Crippen LogP contribution in [0.15, 0.2) is 18.3 Å². The fourth-order valence-electron chi connectivity index (χ4n) is 2.93. The summed E-state index contributed by atoms with van der Waals surface area (Å²) >= 11 is 0. The van der Waals surface area contributed by atoms with Crippen LogP contribution in [0.3, 0.4) is 0 Å². The van der Waals surface area contributed by atoms with Gasteiger partial charge < -0.3 is 9.72 Å². The van der Waals surface area contributed by atoms with E-state index in [-0.39, 0.29) is 11.8 Å². The molecule has 0 saturated heterocycles. The van der Waals surface area contributed by atoms with Crippen LogP contribution in [0.25, 0.3) is 5.65 Å². The SMILES string of the molecule is CCCNC(=O)C1CCc2nc3cc(C)ccn3c2C1. The average Bonchev–Trinajstić information content (AvgIpc) is 2.81. The van der Waals surface area contributed by atoms with Crippen molar-refractivity contribution < 1.29 is 4.79 Å². The summed E-state index contributed by atoms with van der Waals surface area (Å²) < 4.78 is 2.14. The number of nitrogens with zero attached hydrogens (tertiary/aromatic N) is 2. The molecule has 0 bridgehead atoms. The number of nitrogens with one attached hydrogen (secondary N) is 1. The maximum Gasteiger partial charge on any atom is 0.223 e. The quantitative estimate of drug-likeness (QED) is 0.931. The van der Waals surface area contributed by atoms with Crippen molar-refractivity contribution in [3.8, 4) is 0 Å². The second-order valence-electron chi connectivity index (χ2n) is 5.67. The third-order valence-electron chi connectivity index (χ3n) is 4.05. The molecule has 1 amide bonds. The van der Waals surface area contributed by atoms with Gasteiger partial charge in [-0.2, -0.15) is 0 Å². The largest absolute Gasteiger partial charge is 0.356 e. The van der Waals surface area contributed by atoms with E-state index in [0.717, 1.165) is 43.6 Å². The Hall–Kier alpha value is -1.84. The number of amides is 1. The number of carbonyl (C=O) groups is 1. The minimum Gasteiger partial charge on any atom is -0.356 e. The Morgan fingerprint density at radius 1 is 1.55 bits per heavy atom. The summed E-state index contributed by atoms with van der Waals surface area (Å²) in [7, 11) is 0. The summed E-state index contributed by atoms with van der Waals surface area (Å²) in [6, 6.07) is 4.19. The number of imidazole rings is 1. The predicted molar refractivity (Wildman–Crippen MR) is 78.7 cm³/mol. The number of hydrogen-bond donors (Lipinski definition) is 1. The summed E-state index contributed by atoms with van der Waals surface area (Å²) in [5.74, 6) is 0.287. The molecule has 1 unspecified atom stereocenters. The van der Waals surface area contributed by atoms with Gasteiger partial charge >= 0.3 is 0 Å². The van der Waals surface area contributed by atoms with E-state index >= 15 is 0 Å². The first kappa shape index (κ1) is 13.2. The number of carbonyl (C=O) groups excluding carboxylic acids is 1. The molecule has 1 atom stereocenters. The molecular weight excluding hydrogens is 250 g/mol. The number of aromatic nitrogens is 2. The van der Waals surface area contributed by atoms with Gasteiger partial charge in [0.1, 0.15) is 5.65 Å². The molecule has 0 radical (unpaired) electrons. The highest BCUT2D eigenvalue weighted by Gasteiger charge is 2.27. The van der Waals surface area contributed by atoms with E-state index in [1.54, 1.807) is 0 Å². The van der Waals surface area contributed by atoms with E-state index in [4.69, 9.17) is 4.98 Å². The van der Waals surface area contributed by atoms with E-state index in [2.05, 4.69) is 41.9 Å². The van der Waals surface area contributed by atoms with Crippen molar-refractivity contribution in [2.75, 3.05) is 6.54 Å². The van der Waals surface area contributed by atoms with E-state index in [1.165, 1.54) is 11.3 Å². The Balaban J connectivity index is 1.87. The fraction of sp³-hybridized carbons (Fsp3) is 0.500. The van der Waals surface area contributed by atoms with Gasteiger partial charge in [0.15, 0.2) is 0 Å². The van der Waals surface area contributed by atoms with Crippen molar-refractivity contribution in [1.82, 2.24) is 14.7 Å². The summed E-state index contributed by atoms with van der Waals surface area (Å²) in [5.41, 5.74) is 4.60. The summed E-state index contributed by atoms with van der Waals surface area (Å²) in [4.78, 5) is 16.8. The zero-order valence-corrected chi connectivity index (χ0v) is 12.1. The van der Waals surface area contributed by atoms with E-state index < -0.39 is 0 Å². The first-order chi connectivity index (χ1) is 9.69. The van der Waals surface area contributed by atoms with Crippen LogP contribution in [-0.2, 0) is 17.6 Å². The number of rotatable bonds is 3. The van der Waals surface area contributed by atoms with Crippen molar-refractivity contribution in [3.63, 3.8) is 0 Å². The second kappa shape index (κ2) is 5.27. The molecule has 4 heteroatoms. The molecule has 106 valence electrons. The molecular formula is C16H21N3O. The lowest BCUT2D eigenvalue weighted by molar-refractivity contribution is -0.125. The number of pyridine rings is 1. The zero-order valence-electron chi connectivity index (χ0n) is 12.1. The van der Waals surface area contributed by atoms with Gasteiger partial charge in [0.2, 0.25) is 5.91 Å². The smallest absolute Gasteiger partial charge is 0.223 e. The molecule has 1 aliphatic rings. The lowest BCUT2D eigenvalue weighted by Gasteiger charge is -2.21. The van der Waals surface area contributed by atoms with Crippen molar-refractivity contribution >= 4 is 11.6 Å². The van der Waals surface area contributed by atoms with Crippen molar-refractivity contribution in [1.29, 1.82) is 0 Å². The number of fused-ring (bicyclic) bond motifs is 3. The molecule has 20 heavy (non-hydrogen) atoms. The fourth-order valence-corrected chi connectivity index (χ4v) is 2.93. The van der Waals surface area contributed by atoms with Crippen LogP contribution in [-0.4, -0.2) is 21.8 Å². The molecule has 2 aromatic rings. The molecule has 1 aliphatic carbocycles. The molecule has 0 fully saturated rings. The van der Waals surface area contributed by atoms with Gasteiger partial charge in [0.25, 0.3) is 0 Å². The van der Waals surface area contributed by atoms with Crippen LogP contribution in [0, 0.1) is 12.8 Å². The summed E-state index contributed by atoms with van der Waals surface area (Å²) in [5, 5.41) is 3.01. The zero-order chi connectivity index (χ0) is 14.1. The lowest BCUT2D eigenvalue weighted by atomic mass is 9.89. The van der Waals surface area contributed by atoms with Crippen molar-refractivity contribution in [2.45, 2.75) is 39.5 Å². The molecule has 0 aromatic carbocycles. The van der Waals surface area contributed by atoms with Crippen molar-refractivity contribution in [3.05, 3.63) is 35.3 Å². The molecule has 2 heterocycles. The van der Waals surface area contributed by atoms with E-state index in [9.17, 15) is 4.79 Å². The Kier molecular flexibility index (Phi) is 3.47. The van der Waals surface area contributed by atoms with Gasteiger partial charge in [0.05, 0.1) is 5.69 Å². The Morgan fingerprint density at radius 3 is 3.20 bits per heavy atom. The Morgan fingerprint density at radius 2 is 2.40 bits per heavy atom. The minimum absolute atomic E-state index is 0.0928. The predicted octanol–water partition coefficient (Wildman–Crippen LogP) is 2.27. The molecule has 1 N–H and O–H groups in total. The normalized spacial score (nSPS) is 18.0. The van der Waals surface area contributed by atoms with Crippen LogP contribution >= 0.6 is 0 Å². The first-order valence-electron chi connectivity index (χ1n) is 7.43. The maximum absolute atomic E-state index is 12.1. The van der Waals surface area contributed by atoms with E-state index in [1.807, 2.05) is 0 Å². The average molecular weight is 271 g/mol. The van der Waals surface area contributed by atoms with Crippen LogP contribution in [0.2, 0.25) is 0 Å². The molecule has 0 spiro atoms. The monoisotopic (exact) mass is 271 g/mol. The standard InChI is InChI=1S/C16H21N3O/c1-3-7-17-16(20)12-4-5-13-14(10-12)19-8-6-11(2)9-15(19)18-13/h6,8-9,12H,3-5,7,10H2,1-2H3,(H,17,20). The Labute approximate surface area is 119 Å². The highest BCUT2D eigenvalue weighted by Crippen LogP contribution is 2.26. The van der Waals surface area contributed by atoms with E-state index in [0.29, 0.717) is 0 Å². The van der Waals surface area contributed by atoms with Crippen LogP contribution in [0.1, 0.15) is 36.7 Å². The first-order valence-corrected chi connectivity index (χ1v) is 7.43. The lowest BCUT2D eigenvalue weighted by Crippen LogP contribution is -2.34. The van der Waals surface area contributed by atoms with Gasteiger partial charge in [-0.25, -0.2) is 4.98 Å². The molecule has 2 aromatic heterocycles. The molecule has 0 aliphatic heterocycles. The van der Waals surface area contributed by atoms with Crippen LogP contribution in [0.5, 0.6) is 0 Å². The number of hydrogen-bond acceptors (Lipinski definition) is 2. The Bertz CT molecular complexity index is 644.